The van der Waals surface area contributed by atoms with E-state index in [0.29, 0.717) is 37.4 Å². The zero-order valence-electron chi connectivity index (χ0n) is 13.0. The first-order chi connectivity index (χ1) is 11.4. The van der Waals surface area contributed by atoms with E-state index < -0.39 is 5.97 Å². The number of methoxy groups -OCH3 is 1. The van der Waals surface area contributed by atoms with Gasteiger partial charge in [0.1, 0.15) is 10.1 Å². The Bertz CT molecular complexity index is 759. The van der Waals surface area contributed by atoms with Gasteiger partial charge >= 0.3 is 5.97 Å². The predicted molar refractivity (Wildman–Crippen MR) is 103 cm³/mol. The fraction of sp³-hybridized carbons (Fsp3) is 0.188. The number of hydrogen-bond acceptors (Lipinski definition) is 7. The van der Waals surface area contributed by atoms with E-state index >= 15 is 0 Å². The third kappa shape index (κ3) is 4.75. The van der Waals surface area contributed by atoms with Crippen molar-refractivity contribution in [2.24, 2.45) is 4.99 Å². The van der Waals surface area contributed by atoms with Gasteiger partial charge in [-0.1, -0.05) is 33.8 Å². The van der Waals surface area contributed by atoms with Crippen molar-refractivity contribution in [2.45, 2.75) is 6.92 Å². The number of esters is 1. The Morgan fingerprint density at radius 3 is 2.83 bits per heavy atom. The minimum Gasteiger partial charge on any atom is -0.493 e. The second-order valence-electron chi connectivity index (χ2n) is 4.51. The highest BCUT2D eigenvalue weighted by atomic mass is 79.9. The lowest BCUT2D eigenvalue weighted by Gasteiger charge is -2.10. The molecular weight excluding hydrogens is 414 g/mol. The molecule has 1 aromatic carbocycles. The van der Waals surface area contributed by atoms with Gasteiger partial charge in [0.15, 0.2) is 11.5 Å². The Kier molecular flexibility index (Phi) is 6.70. The molecule has 5 nitrogen and oxygen atoms in total. The molecular formula is C16H14BrNO4S2. The highest BCUT2D eigenvalue weighted by Gasteiger charge is 2.23. The first-order valence-electron chi connectivity index (χ1n) is 6.76. The van der Waals surface area contributed by atoms with Crippen molar-refractivity contribution in [1.82, 2.24) is 0 Å². The monoisotopic (exact) mass is 427 g/mol. The highest BCUT2D eigenvalue weighted by Crippen LogP contribution is 2.37. The van der Waals surface area contributed by atoms with Crippen molar-refractivity contribution < 1.29 is 19.1 Å². The Labute approximate surface area is 156 Å². The van der Waals surface area contributed by atoms with Gasteiger partial charge in [-0.25, -0.2) is 4.99 Å². The number of carbonyl (C=O) groups is 2. The highest BCUT2D eigenvalue weighted by molar-refractivity contribution is 9.10. The third-order valence-corrected chi connectivity index (χ3v) is 5.45. The summed E-state index contributed by atoms with van der Waals surface area (Å²) in [6.45, 7) is 4.96. The SMILES string of the molecule is C=CCSC1=N/C(=C\c2cc(OC)c(OC(C)=O)cc2Br)C(=O)S1. The molecule has 126 valence electrons. The zero-order chi connectivity index (χ0) is 17.7. The number of nitrogens with zero attached hydrogens (tertiary/aromatic N) is 1. The molecule has 0 aliphatic carbocycles. The van der Waals surface area contributed by atoms with Crippen LogP contribution in [-0.2, 0) is 9.59 Å². The van der Waals surface area contributed by atoms with Gasteiger partial charge in [0, 0.05) is 17.1 Å². The van der Waals surface area contributed by atoms with E-state index in [4.69, 9.17) is 9.47 Å². The van der Waals surface area contributed by atoms with Crippen LogP contribution in [-0.4, -0.2) is 28.3 Å². The van der Waals surface area contributed by atoms with E-state index in [1.54, 1.807) is 24.3 Å². The number of ether oxygens (including phenoxy) is 2. The van der Waals surface area contributed by atoms with Crippen molar-refractivity contribution in [3.05, 3.63) is 40.5 Å². The standard InChI is InChI=1S/C16H14BrNO4S2/c1-4-5-23-16-18-12(15(20)24-16)6-10-7-13(21-3)14(8-11(10)17)22-9(2)19/h4,6-8H,1,5H2,2-3H3/b12-6-. The molecule has 1 aliphatic rings. The molecule has 0 fully saturated rings. The van der Waals surface area contributed by atoms with Crippen molar-refractivity contribution in [3.8, 4) is 11.5 Å². The summed E-state index contributed by atoms with van der Waals surface area (Å²) in [6.07, 6.45) is 3.43. The van der Waals surface area contributed by atoms with Crippen LogP contribution in [0.4, 0.5) is 0 Å². The topological polar surface area (TPSA) is 65.0 Å². The van der Waals surface area contributed by atoms with E-state index in [0.717, 1.165) is 11.8 Å². The van der Waals surface area contributed by atoms with Crippen molar-refractivity contribution >= 4 is 61.0 Å². The molecule has 0 aromatic heterocycles. The van der Waals surface area contributed by atoms with E-state index in [9.17, 15) is 9.59 Å². The van der Waals surface area contributed by atoms with Crippen LogP contribution in [0.15, 0.2) is 39.9 Å². The van der Waals surface area contributed by atoms with Gasteiger partial charge in [-0.05, 0) is 35.5 Å². The molecule has 24 heavy (non-hydrogen) atoms. The number of benzene rings is 1. The lowest BCUT2D eigenvalue weighted by atomic mass is 10.1. The molecule has 0 atom stereocenters. The van der Waals surface area contributed by atoms with Crippen molar-refractivity contribution in [1.29, 1.82) is 0 Å². The molecule has 0 radical (unpaired) electrons. The summed E-state index contributed by atoms with van der Waals surface area (Å²) < 4.78 is 11.7. The summed E-state index contributed by atoms with van der Waals surface area (Å²) in [6, 6.07) is 3.30. The fourth-order valence-corrected chi connectivity index (χ4v) is 3.82. The number of hydrogen-bond donors (Lipinski definition) is 0. The minimum absolute atomic E-state index is 0.114. The predicted octanol–water partition coefficient (Wildman–Crippen LogP) is 4.27. The van der Waals surface area contributed by atoms with Crippen LogP contribution in [0, 0.1) is 0 Å². The smallest absolute Gasteiger partial charge is 0.308 e. The molecule has 0 N–H and O–H groups in total. The van der Waals surface area contributed by atoms with E-state index in [1.807, 2.05) is 0 Å². The number of carbonyl (C=O) groups excluding carboxylic acids is 2. The first kappa shape index (κ1) is 18.8. The van der Waals surface area contributed by atoms with Crippen LogP contribution < -0.4 is 9.47 Å². The van der Waals surface area contributed by atoms with Crippen LogP contribution in [0.3, 0.4) is 0 Å². The molecule has 0 saturated carbocycles. The maximum absolute atomic E-state index is 12.1. The molecule has 1 aromatic rings. The lowest BCUT2D eigenvalue weighted by Crippen LogP contribution is -2.03. The van der Waals surface area contributed by atoms with E-state index in [-0.39, 0.29) is 5.12 Å². The van der Waals surface area contributed by atoms with Gasteiger partial charge in [0.05, 0.1) is 7.11 Å². The minimum atomic E-state index is -0.442. The average molecular weight is 428 g/mol. The van der Waals surface area contributed by atoms with Gasteiger partial charge in [-0.3, -0.25) is 9.59 Å². The van der Waals surface area contributed by atoms with Crippen LogP contribution in [0.5, 0.6) is 11.5 Å². The molecule has 0 unspecified atom stereocenters. The third-order valence-electron chi connectivity index (χ3n) is 2.75. The molecule has 0 bridgehead atoms. The summed E-state index contributed by atoms with van der Waals surface area (Å²) in [5.74, 6) is 0.948. The summed E-state index contributed by atoms with van der Waals surface area (Å²) in [4.78, 5) is 27.5. The summed E-state index contributed by atoms with van der Waals surface area (Å²) in [5.41, 5.74) is 1.06. The Hall–Kier alpha value is -1.51. The maximum atomic E-state index is 12.1. The van der Waals surface area contributed by atoms with Crippen LogP contribution in [0.2, 0.25) is 0 Å². The summed E-state index contributed by atoms with van der Waals surface area (Å²) in [7, 11) is 1.48. The number of rotatable bonds is 5. The second kappa shape index (κ2) is 8.55. The van der Waals surface area contributed by atoms with Gasteiger partial charge in [0.25, 0.3) is 0 Å². The lowest BCUT2D eigenvalue weighted by molar-refractivity contribution is -0.132. The zero-order valence-corrected chi connectivity index (χ0v) is 16.2. The molecule has 0 amide bonds. The molecule has 1 heterocycles. The molecule has 0 spiro atoms. The second-order valence-corrected chi connectivity index (χ2v) is 7.60. The van der Waals surface area contributed by atoms with Gasteiger partial charge < -0.3 is 9.47 Å². The maximum Gasteiger partial charge on any atom is 0.308 e. The summed E-state index contributed by atoms with van der Waals surface area (Å²) >= 11 is 5.97. The van der Waals surface area contributed by atoms with E-state index in [2.05, 4.69) is 27.5 Å². The molecule has 1 aliphatic heterocycles. The van der Waals surface area contributed by atoms with Crippen LogP contribution in [0.25, 0.3) is 6.08 Å². The molecule has 2 rings (SSSR count). The largest absolute Gasteiger partial charge is 0.493 e. The van der Waals surface area contributed by atoms with Gasteiger partial charge in [0.2, 0.25) is 5.12 Å². The Morgan fingerprint density at radius 1 is 1.46 bits per heavy atom. The Balaban J connectivity index is 2.35. The number of halogens is 1. The quantitative estimate of drug-likeness (QED) is 0.302. The van der Waals surface area contributed by atoms with Crippen LogP contribution in [0.1, 0.15) is 12.5 Å². The van der Waals surface area contributed by atoms with Crippen molar-refractivity contribution in [2.75, 3.05) is 12.9 Å². The summed E-state index contributed by atoms with van der Waals surface area (Å²) in [5, 5.41) is -0.114. The van der Waals surface area contributed by atoms with Crippen LogP contribution >= 0.6 is 39.5 Å². The fourth-order valence-electron chi connectivity index (χ4n) is 1.78. The average Bonchev–Trinajstić information content (AvgIpc) is 2.87. The van der Waals surface area contributed by atoms with Gasteiger partial charge in [-0.2, -0.15) is 0 Å². The first-order valence-corrected chi connectivity index (χ1v) is 9.36. The van der Waals surface area contributed by atoms with E-state index in [1.165, 1.54) is 25.8 Å². The number of aliphatic imine (C=N–C) groups is 1. The number of thioether (sulfide) groups is 2. The van der Waals surface area contributed by atoms with Crippen molar-refractivity contribution in [3.63, 3.8) is 0 Å². The molecule has 0 saturated heterocycles. The van der Waals surface area contributed by atoms with Gasteiger partial charge in [-0.15, -0.1) is 6.58 Å². The Morgan fingerprint density at radius 2 is 2.21 bits per heavy atom. The molecule has 8 heteroatoms. The normalized spacial score (nSPS) is 15.4.